The van der Waals surface area contributed by atoms with E-state index in [1.807, 2.05) is 27.7 Å². The third-order valence-corrected chi connectivity index (χ3v) is 7.46. The van der Waals surface area contributed by atoms with E-state index in [2.05, 4.69) is 19.7 Å². The van der Waals surface area contributed by atoms with Crippen molar-refractivity contribution in [2.24, 2.45) is 0 Å². The van der Waals surface area contributed by atoms with Crippen LogP contribution in [0.2, 0.25) is 0 Å². The fraction of sp³-hybridized carbons (Fsp3) is 0.316. The van der Waals surface area contributed by atoms with E-state index < -0.39 is 20.0 Å². The summed E-state index contributed by atoms with van der Waals surface area (Å²) in [5, 5.41) is 0.968. The zero-order valence-corrected chi connectivity index (χ0v) is 18.5. The second-order valence-corrected chi connectivity index (χ2v) is 11.0. The Balaban J connectivity index is 1.91. The van der Waals surface area contributed by atoms with E-state index in [1.165, 1.54) is 24.7 Å². The molecular weight excluding hydrogens is 426 g/mol. The van der Waals surface area contributed by atoms with Crippen LogP contribution < -0.4 is 9.03 Å². The smallest absolute Gasteiger partial charge is 0.279 e. The molecule has 2 aliphatic heterocycles. The fourth-order valence-corrected chi connectivity index (χ4v) is 5.68. The molecule has 0 radical (unpaired) electrons. The van der Waals surface area contributed by atoms with E-state index in [-0.39, 0.29) is 28.4 Å². The maximum absolute atomic E-state index is 13.3. The zero-order valence-electron chi connectivity index (χ0n) is 16.9. The number of nitrogens with one attached hydrogen (secondary N) is 1. The maximum Gasteiger partial charge on any atom is 0.287 e. The van der Waals surface area contributed by atoms with Gasteiger partial charge >= 0.3 is 0 Å². The summed E-state index contributed by atoms with van der Waals surface area (Å²) in [7, 11) is -7.70. The van der Waals surface area contributed by atoms with E-state index >= 15 is 0 Å². The van der Waals surface area contributed by atoms with Crippen molar-refractivity contribution in [3.63, 3.8) is 0 Å². The Bertz CT molecular complexity index is 1310. The molecule has 0 aliphatic carbocycles. The van der Waals surface area contributed by atoms with Gasteiger partial charge in [0.1, 0.15) is 12.1 Å². The van der Waals surface area contributed by atoms with E-state index in [0.29, 0.717) is 22.5 Å². The highest BCUT2D eigenvalue weighted by atomic mass is 32.2. The third kappa shape index (κ3) is 3.27. The van der Waals surface area contributed by atoms with Crippen LogP contribution in [0, 0.1) is 0 Å². The highest BCUT2D eigenvalue weighted by Gasteiger charge is 2.34. The van der Waals surface area contributed by atoms with Gasteiger partial charge in [0.25, 0.3) is 20.0 Å². The van der Waals surface area contributed by atoms with Gasteiger partial charge in [-0.2, -0.15) is 8.42 Å². The molecule has 0 amide bonds. The standard InChI is InChI=1S/C19H21N5O4S2/c1-11(2)17-14-5-7-24(30(27,28)19(14)21-10-20-17)16-9-15-13(18(22-16)12(3)4)6-8-29(25,26)23-15/h5-12,23H,1-4H3. The summed E-state index contributed by atoms with van der Waals surface area (Å²) < 4.78 is 54.2. The van der Waals surface area contributed by atoms with Gasteiger partial charge in [-0.05, 0) is 24.0 Å². The Morgan fingerprint density at radius 2 is 1.63 bits per heavy atom. The van der Waals surface area contributed by atoms with Crippen LogP contribution in [-0.2, 0) is 20.0 Å². The summed E-state index contributed by atoms with van der Waals surface area (Å²) in [5.74, 6) is 0.0374. The Morgan fingerprint density at radius 3 is 2.30 bits per heavy atom. The number of pyridine rings is 1. The summed E-state index contributed by atoms with van der Waals surface area (Å²) in [6.07, 6.45) is 5.76. The SMILES string of the molecule is CC(C)c1nc(N2C=Cc3c(C(C)C)ncnc3S2(=O)=O)cc2c1C=CS(=O)(=O)N2. The zero-order chi connectivity index (χ0) is 21.8. The second-order valence-electron chi connectivity index (χ2n) is 7.68. The number of hydrogen-bond donors (Lipinski definition) is 1. The first kappa shape index (κ1) is 20.5. The summed E-state index contributed by atoms with van der Waals surface area (Å²) in [6.45, 7) is 7.66. The average Bonchev–Trinajstić information content (AvgIpc) is 2.65. The van der Waals surface area contributed by atoms with Gasteiger partial charge in [0.05, 0.1) is 22.5 Å². The van der Waals surface area contributed by atoms with Crippen LogP contribution in [0.15, 0.2) is 29.0 Å². The van der Waals surface area contributed by atoms with Crippen LogP contribution in [0.5, 0.6) is 0 Å². The van der Waals surface area contributed by atoms with Crippen LogP contribution in [0.1, 0.15) is 62.0 Å². The molecule has 1 N–H and O–H groups in total. The average molecular weight is 448 g/mol. The van der Waals surface area contributed by atoms with Crippen molar-refractivity contribution in [3.05, 3.63) is 46.5 Å². The fourth-order valence-electron chi connectivity index (χ4n) is 3.45. The summed E-state index contributed by atoms with van der Waals surface area (Å²) in [5.41, 5.74) is 2.58. The van der Waals surface area contributed by atoms with E-state index in [0.717, 1.165) is 9.71 Å². The van der Waals surface area contributed by atoms with Crippen LogP contribution >= 0.6 is 0 Å². The molecule has 2 aromatic rings. The van der Waals surface area contributed by atoms with Gasteiger partial charge in [-0.15, -0.1) is 0 Å². The first-order valence-corrected chi connectivity index (χ1v) is 12.3. The number of nitrogens with zero attached hydrogens (tertiary/aromatic N) is 4. The normalized spacial score (nSPS) is 18.3. The summed E-state index contributed by atoms with van der Waals surface area (Å²) in [6, 6.07) is 1.42. The van der Waals surface area contributed by atoms with Crippen LogP contribution in [0.25, 0.3) is 12.2 Å². The first-order valence-electron chi connectivity index (χ1n) is 9.34. The minimum absolute atomic E-state index is 0.0174. The van der Waals surface area contributed by atoms with Crippen molar-refractivity contribution in [3.8, 4) is 0 Å². The monoisotopic (exact) mass is 447 g/mol. The van der Waals surface area contributed by atoms with Gasteiger partial charge in [0.2, 0.25) is 0 Å². The molecule has 30 heavy (non-hydrogen) atoms. The number of fused-ring (bicyclic) bond motifs is 2. The maximum atomic E-state index is 13.3. The molecule has 0 atom stereocenters. The highest BCUT2D eigenvalue weighted by molar-refractivity contribution is 7.95. The van der Waals surface area contributed by atoms with Crippen molar-refractivity contribution < 1.29 is 16.8 Å². The lowest BCUT2D eigenvalue weighted by Crippen LogP contribution is -2.31. The number of rotatable bonds is 3. The molecule has 0 fully saturated rings. The number of hydrogen-bond acceptors (Lipinski definition) is 7. The second kappa shape index (κ2) is 6.88. The summed E-state index contributed by atoms with van der Waals surface area (Å²) >= 11 is 0. The highest BCUT2D eigenvalue weighted by Crippen LogP contribution is 2.37. The van der Waals surface area contributed by atoms with Crippen LogP contribution in [0.3, 0.4) is 0 Å². The Kier molecular flexibility index (Phi) is 4.70. The van der Waals surface area contributed by atoms with Gasteiger partial charge in [0, 0.05) is 23.4 Å². The number of anilines is 2. The van der Waals surface area contributed by atoms with Crippen molar-refractivity contribution in [2.75, 3.05) is 9.03 Å². The lowest BCUT2D eigenvalue weighted by Gasteiger charge is -2.27. The molecule has 4 heterocycles. The molecule has 0 saturated carbocycles. The first-order chi connectivity index (χ1) is 14.0. The minimum Gasteiger partial charge on any atom is -0.279 e. The van der Waals surface area contributed by atoms with E-state index in [9.17, 15) is 16.8 Å². The van der Waals surface area contributed by atoms with Crippen molar-refractivity contribution in [1.82, 2.24) is 15.0 Å². The number of aromatic nitrogens is 3. The lowest BCUT2D eigenvalue weighted by molar-refractivity contribution is 0.589. The largest absolute Gasteiger partial charge is 0.287 e. The van der Waals surface area contributed by atoms with Gasteiger partial charge < -0.3 is 0 Å². The van der Waals surface area contributed by atoms with E-state index in [1.54, 1.807) is 6.08 Å². The quantitative estimate of drug-likeness (QED) is 0.718. The van der Waals surface area contributed by atoms with Crippen LogP contribution in [0.4, 0.5) is 11.5 Å². The third-order valence-electron chi connectivity index (χ3n) is 4.82. The number of sulfonamides is 2. The lowest BCUT2D eigenvalue weighted by atomic mass is 10.0. The molecule has 0 bridgehead atoms. The molecule has 0 aromatic carbocycles. The molecule has 2 aromatic heterocycles. The molecule has 11 heteroatoms. The molecule has 4 rings (SSSR count). The Hall–Kier alpha value is -2.79. The molecular formula is C19H21N5O4S2. The van der Waals surface area contributed by atoms with Gasteiger partial charge in [-0.25, -0.2) is 27.7 Å². The Labute approximate surface area is 175 Å². The van der Waals surface area contributed by atoms with Crippen LogP contribution in [-0.4, -0.2) is 31.8 Å². The molecule has 2 aliphatic rings. The van der Waals surface area contributed by atoms with Crippen molar-refractivity contribution in [1.29, 1.82) is 0 Å². The van der Waals surface area contributed by atoms with Gasteiger partial charge in [-0.1, -0.05) is 27.7 Å². The Morgan fingerprint density at radius 1 is 0.933 bits per heavy atom. The van der Waals surface area contributed by atoms with Gasteiger partial charge in [0.15, 0.2) is 5.03 Å². The molecule has 9 nitrogen and oxygen atoms in total. The summed E-state index contributed by atoms with van der Waals surface area (Å²) in [4.78, 5) is 12.8. The van der Waals surface area contributed by atoms with E-state index in [4.69, 9.17) is 0 Å². The predicted molar refractivity (Wildman–Crippen MR) is 115 cm³/mol. The van der Waals surface area contributed by atoms with Crippen molar-refractivity contribution >= 4 is 43.7 Å². The predicted octanol–water partition coefficient (Wildman–Crippen LogP) is 3.02. The molecule has 158 valence electrons. The molecule has 0 spiro atoms. The van der Waals surface area contributed by atoms with Gasteiger partial charge in [-0.3, -0.25) is 4.72 Å². The van der Waals surface area contributed by atoms with Crippen molar-refractivity contribution in [2.45, 2.75) is 44.6 Å². The molecule has 0 saturated heterocycles. The minimum atomic E-state index is -4.05. The topological polar surface area (TPSA) is 122 Å². The molecule has 0 unspecified atom stereocenters.